The van der Waals surface area contributed by atoms with E-state index >= 15 is 0 Å². The van der Waals surface area contributed by atoms with Gasteiger partial charge in [-0.15, -0.1) is 11.3 Å². The number of aryl methyl sites for hydroxylation is 1. The molecule has 0 amide bonds. The van der Waals surface area contributed by atoms with Crippen molar-refractivity contribution in [1.82, 2.24) is 4.98 Å². The van der Waals surface area contributed by atoms with Crippen LogP contribution in [0.25, 0.3) is 0 Å². The first-order chi connectivity index (χ1) is 8.08. The molecule has 17 heavy (non-hydrogen) atoms. The van der Waals surface area contributed by atoms with Crippen molar-refractivity contribution in [3.8, 4) is 0 Å². The number of anilines is 1. The van der Waals surface area contributed by atoms with Gasteiger partial charge in [-0.1, -0.05) is 6.07 Å². The Hall–Kier alpha value is -0.910. The number of aromatic nitrogens is 1. The number of hydrogen-bond acceptors (Lipinski definition) is 4. The molecule has 2 rings (SSSR count). The Bertz CT molecular complexity index is 507. The molecule has 2 aromatic heterocycles. The molecule has 90 valence electrons. The van der Waals surface area contributed by atoms with Crippen LogP contribution in [0.2, 0.25) is 0 Å². The van der Waals surface area contributed by atoms with Gasteiger partial charge < -0.3 is 10.8 Å². The van der Waals surface area contributed by atoms with Crippen molar-refractivity contribution < 1.29 is 5.11 Å². The van der Waals surface area contributed by atoms with E-state index in [0.29, 0.717) is 12.2 Å². The van der Waals surface area contributed by atoms with E-state index in [2.05, 4.69) is 20.9 Å². The van der Waals surface area contributed by atoms with Crippen LogP contribution in [-0.4, -0.2) is 10.1 Å². The topological polar surface area (TPSA) is 59.1 Å². The quantitative estimate of drug-likeness (QED) is 0.915. The average Bonchev–Trinajstić information content (AvgIpc) is 2.63. The summed E-state index contributed by atoms with van der Waals surface area (Å²) in [5, 5.41) is 10.1. The molecule has 0 aliphatic rings. The maximum atomic E-state index is 10.1. The lowest BCUT2D eigenvalue weighted by atomic mass is 10.1. The minimum Gasteiger partial charge on any atom is -0.387 e. The maximum absolute atomic E-state index is 10.1. The van der Waals surface area contributed by atoms with Gasteiger partial charge in [0.15, 0.2) is 0 Å². The van der Waals surface area contributed by atoms with Crippen molar-refractivity contribution >= 4 is 33.1 Å². The number of pyridine rings is 1. The van der Waals surface area contributed by atoms with Crippen LogP contribution in [0.3, 0.4) is 0 Å². The fourth-order valence-electron chi connectivity index (χ4n) is 1.58. The fraction of sp³-hybridized carbons (Fsp3) is 0.250. The van der Waals surface area contributed by atoms with Gasteiger partial charge in [0.1, 0.15) is 5.82 Å². The molecule has 0 radical (unpaired) electrons. The van der Waals surface area contributed by atoms with Crippen LogP contribution in [-0.2, 0) is 6.42 Å². The van der Waals surface area contributed by atoms with Gasteiger partial charge in [0, 0.05) is 26.8 Å². The Morgan fingerprint density at radius 3 is 2.94 bits per heavy atom. The molecule has 0 fully saturated rings. The van der Waals surface area contributed by atoms with E-state index < -0.39 is 6.10 Å². The van der Waals surface area contributed by atoms with E-state index in [1.165, 1.54) is 4.88 Å². The van der Waals surface area contributed by atoms with E-state index in [-0.39, 0.29) is 0 Å². The summed E-state index contributed by atoms with van der Waals surface area (Å²) in [6.45, 7) is 2.02. The SMILES string of the molecule is Cc1sc(C(O)Cc2cccnc2N)cc1Br. The zero-order chi connectivity index (χ0) is 12.4. The minimum absolute atomic E-state index is 0.485. The Morgan fingerprint density at radius 1 is 1.59 bits per heavy atom. The summed E-state index contributed by atoms with van der Waals surface area (Å²) >= 11 is 5.04. The third-order valence-corrected chi connectivity index (χ3v) is 4.78. The van der Waals surface area contributed by atoms with Gasteiger partial charge in [-0.2, -0.15) is 0 Å². The highest BCUT2D eigenvalue weighted by Crippen LogP contribution is 2.32. The lowest BCUT2D eigenvalue weighted by Crippen LogP contribution is -2.03. The number of nitrogens with zero attached hydrogens (tertiary/aromatic N) is 1. The second-order valence-electron chi connectivity index (χ2n) is 3.82. The molecule has 0 aliphatic heterocycles. The van der Waals surface area contributed by atoms with Gasteiger partial charge in [0.05, 0.1) is 6.10 Å². The van der Waals surface area contributed by atoms with Gasteiger partial charge in [-0.05, 0) is 40.5 Å². The third-order valence-electron chi connectivity index (χ3n) is 2.54. The first kappa shape index (κ1) is 12.5. The zero-order valence-electron chi connectivity index (χ0n) is 9.35. The van der Waals surface area contributed by atoms with E-state index in [4.69, 9.17) is 5.73 Å². The first-order valence-corrected chi connectivity index (χ1v) is 6.82. The predicted octanol–water partition coefficient (Wildman–Crippen LogP) is 3.07. The fourth-order valence-corrected chi connectivity index (χ4v) is 3.13. The molecule has 5 heteroatoms. The third kappa shape index (κ3) is 2.86. The van der Waals surface area contributed by atoms with Gasteiger partial charge in [0.2, 0.25) is 0 Å². The summed E-state index contributed by atoms with van der Waals surface area (Å²) in [7, 11) is 0. The summed E-state index contributed by atoms with van der Waals surface area (Å²) in [5.41, 5.74) is 6.63. The summed E-state index contributed by atoms with van der Waals surface area (Å²) in [6.07, 6.45) is 1.61. The summed E-state index contributed by atoms with van der Waals surface area (Å²) in [6, 6.07) is 5.67. The number of nitrogen functional groups attached to an aromatic ring is 1. The zero-order valence-corrected chi connectivity index (χ0v) is 11.8. The van der Waals surface area contributed by atoms with Crippen molar-refractivity contribution in [3.05, 3.63) is 44.2 Å². The van der Waals surface area contributed by atoms with Crippen molar-refractivity contribution in [3.63, 3.8) is 0 Å². The Morgan fingerprint density at radius 2 is 2.35 bits per heavy atom. The van der Waals surface area contributed by atoms with E-state index in [0.717, 1.165) is 14.9 Å². The van der Waals surface area contributed by atoms with E-state index in [9.17, 15) is 5.11 Å². The molecule has 1 unspecified atom stereocenters. The normalized spacial score (nSPS) is 12.6. The molecule has 3 nitrogen and oxygen atoms in total. The second-order valence-corrected chi connectivity index (χ2v) is 5.96. The maximum Gasteiger partial charge on any atom is 0.126 e. The Labute approximate surface area is 112 Å². The van der Waals surface area contributed by atoms with Crippen LogP contribution in [0.15, 0.2) is 28.9 Å². The highest BCUT2D eigenvalue weighted by atomic mass is 79.9. The number of aliphatic hydroxyl groups is 1. The number of nitrogens with two attached hydrogens (primary N) is 1. The van der Waals surface area contributed by atoms with Crippen LogP contribution < -0.4 is 5.73 Å². The van der Waals surface area contributed by atoms with Crippen molar-refractivity contribution in [1.29, 1.82) is 0 Å². The van der Waals surface area contributed by atoms with E-state index in [1.807, 2.05) is 25.1 Å². The number of rotatable bonds is 3. The smallest absolute Gasteiger partial charge is 0.126 e. The lowest BCUT2D eigenvalue weighted by molar-refractivity contribution is 0.182. The second kappa shape index (κ2) is 5.16. The minimum atomic E-state index is -0.531. The van der Waals surface area contributed by atoms with Crippen LogP contribution in [0.5, 0.6) is 0 Å². The van der Waals surface area contributed by atoms with Gasteiger partial charge in [0.25, 0.3) is 0 Å². The van der Waals surface area contributed by atoms with Crippen LogP contribution in [0.1, 0.15) is 21.4 Å². The molecular formula is C12H13BrN2OS. The summed E-state index contributed by atoms with van der Waals surface area (Å²) in [4.78, 5) is 6.12. The largest absolute Gasteiger partial charge is 0.387 e. The molecule has 0 aliphatic carbocycles. The molecule has 0 aromatic carbocycles. The van der Waals surface area contributed by atoms with E-state index in [1.54, 1.807) is 17.5 Å². The highest BCUT2D eigenvalue weighted by Gasteiger charge is 2.14. The summed E-state index contributed by atoms with van der Waals surface area (Å²) in [5.74, 6) is 0.485. The number of thiophene rings is 1. The standard InChI is InChI=1S/C12H13BrN2OS/c1-7-9(13)6-11(17-7)10(16)5-8-3-2-4-15-12(8)14/h2-4,6,10,16H,5H2,1H3,(H2,14,15). The Kier molecular flexibility index (Phi) is 3.81. The lowest BCUT2D eigenvalue weighted by Gasteiger charge is -2.09. The molecule has 2 aromatic rings. The van der Waals surface area contributed by atoms with Gasteiger partial charge in [-0.25, -0.2) is 4.98 Å². The van der Waals surface area contributed by atoms with Crippen LogP contribution >= 0.6 is 27.3 Å². The van der Waals surface area contributed by atoms with Crippen LogP contribution in [0, 0.1) is 6.92 Å². The molecule has 0 spiro atoms. The van der Waals surface area contributed by atoms with Crippen LogP contribution in [0.4, 0.5) is 5.82 Å². The number of hydrogen-bond donors (Lipinski definition) is 2. The molecule has 0 saturated carbocycles. The molecular weight excluding hydrogens is 300 g/mol. The molecule has 3 N–H and O–H groups in total. The average molecular weight is 313 g/mol. The predicted molar refractivity (Wildman–Crippen MR) is 74.1 cm³/mol. The Balaban J connectivity index is 2.17. The molecule has 0 bridgehead atoms. The molecule has 0 saturated heterocycles. The molecule has 1 atom stereocenters. The van der Waals surface area contributed by atoms with Gasteiger partial charge in [-0.3, -0.25) is 0 Å². The van der Waals surface area contributed by atoms with Crippen molar-refractivity contribution in [2.75, 3.05) is 5.73 Å². The van der Waals surface area contributed by atoms with Crippen molar-refractivity contribution in [2.24, 2.45) is 0 Å². The highest BCUT2D eigenvalue weighted by molar-refractivity contribution is 9.10. The first-order valence-electron chi connectivity index (χ1n) is 5.21. The van der Waals surface area contributed by atoms with Crippen molar-refractivity contribution in [2.45, 2.75) is 19.4 Å². The number of aliphatic hydroxyl groups excluding tert-OH is 1. The number of halogens is 1. The molecule has 2 heterocycles. The van der Waals surface area contributed by atoms with Gasteiger partial charge >= 0.3 is 0 Å². The monoisotopic (exact) mass is 312 g/mol. The summed E-state index contributed by atoms with van der Waals surface area (Å²) < 4.78 is 1.04.